The molecule has 0 aliphatic carbocycles. The summed E-state index contributed by atoms with van der Waals surface area (Å²) in [5.74, 6) is -1.30. The van der Waals surface area contributed by atoms with Crippen LogP contribution in [-0.4, -0.2) is 40.4 Å². The van der Waals surface area contributed by atoms with Crippen molar-refractivity contribution in [2.24, 2.45) is 0 Å². The molecule has 21 heavy (non-hydrogen) atoms. The predicted molar refractivity (Wildman–Crippen MR) is 76.1 cm³/mol. The highest BCUT2D eigenvalue weighted by atomic mass is 16.6. The molecule has 0 saturated carbocycles. The van der Waals surface area contributed by atoms with Crippen molar-refractivity contribution in [2.75, 3.05) is 5.32 Å². The minimum atomic E-state index is -0.987. The van der Waals surface area contributed by atoms with Gasteiger partial charge in [-0.15, -0.1) is 0 Å². The highest BCUT2D eigenvalue weighted by Gasteiger charge is 2.33. The number of benzene rings is 1. The Balaban J connectivity index is 2.05. The molecule has 112 valence electrons. The van der Waals surface area contributed by atoms with Crippen molar-refractivity contribution in [1.29, 1.82) is 0 Å². The molecule has 0 spiro atoms. The first-order valence-corrected chi connectivity index (χ1v) is 6.61. The van der Waals surface area contributed by atoms with Crippen LogP contribution in [0.25, 0.3) is 0 Å². The number of cyclic esters (lactones) is 1. The number of carbonyl (C=O) groups excluding carboxylic acids is 1. The Labute approximate surface area is 122 Å². The van der Waals surface area contributed by atoms with E-state index in [-0.39, 0.29) is 24.0 Å². The number of hydrogen-bond acceptors (Lipinski definition) is 5. The van der Waals surface area contributed by atoms with Gasteiger partial charge in [0.05, 0.1) is 24.1 Å². The van der Waals surface area contributed by atoms with Crippen molar-refractivity contribution < 1.29 is 24.5 Å². The standard InChI is InChI=1S/C15H17NO5/c1-9(17)2-7-13-12(8-14(18)21-13)16-11-5-3-10(4-6-11)15(19)20/h2-7,9,12-13,16-17H,8H2,1H3,(H,19,20). The second kappa shape index (κ2) is 6.41. The second-order valence-corrected chi connectivity index (χ2v) is 4.92. The largest absolute Gasteiger partial charge is 0.478 e. The number of aromatic carboxylic acids is 1. The number of carboxylic acids is 1. The van der Waals surface area contributed by atoms with Crippen LogP contribution >= 0.6 is 0 Å². The number of aliphatic hydroxyl groups excluding tert-OH is 1. The van der Waals surface area contributed by atoms with Crippen molar-refractivity contribution in [2.45, 2.75) is 31.6 Å². The molecule has 0 amide bonds. The number of anilines is 1. The van der Waals surface area contributed by atoms with Gasteiger partial charge in [-0.1, -0.05) is 6.08 Å². The Bertz CT molecular complexity index is 550. The SMILES string of the molecule is CC(O)C=CC1OC(=O)CC1Nc1ccc(C(=O)O)cc1. The van der Waals surface area contributed by atoms with Crippen LogP contribution in [0.5, 0.6) is 0 Å². The van der Waals surface area contributed by atoms with E-state index in [1.807, 2.05) is 0 Å². The van der Waals surface area contributed by atoms with E-state index in [1.165, 1.54) is 12.1 Å². The highest BCUT2D eigenvalue weighted by Crippen LogP contribution is 2.21. The minimum absolute atomic E-state index is 0.199. The lowest BCUT2D eigenvalue weighted by atomic mass is 10.1. The van der Waals surface area contributed by atoms with E-state index in [9.17, 15) is 14.7 Å². The summed E-state index contributed by atoms with van der Waals surface area (Å²) < 4.78 is 5.17. The number of hydrogen-bond donors (Lipinski definition) is 3. The Morgan fingerprint density at radius 2 is 2.10 bits per heavy atom. The van der Waals surface area contributed by atoms with Crippen LogP contribution in [0.15, 0.2) is 36.4 Å². The molecular weight excluding hydrogens is 274 g/mol. The number of aliphatic hydroxyl groups is 1. The fraction of sp³-hybridized carbons (Fsp3) is 0.333. The number of esters is 1. The monoisotopic (exact) mass is 291 g/mol. The van der Waals surface area contributed by atoms with Gasteiger partial charge in [0.15, 0.2) is 0 Å². The van der Waals surface area contributed by atoms with E-state index in [0.717, 1.165) is 0 Å². The molecule has 1 heterocycles. The van der Waals surface area contributed by atoms with Crippen LogP contribution in [-0.2, 0) is 9.53 Å². The van der Waals surface area contributed by atoms with Crippen LogP contribution in [0.1, 0.15) is 23.7 Å². The van der Waals surface area contributed by atoms with Gasteiger partial charge < -0.3 is 20.3 Å². The zero-order chi connectivity index (χ0) is 15.4. The van der Waals surface area contributed by atoms with E-state index >= 15 is 0 Å². The molecule has 1 fully saturated rings. The first-order chi connectivity index (χ1) is 9.95. The van der Waals surface area contributed by atoms with Crippen molar-refractivity contribution >= 4 is 17.6 Å². The molecule has 6 heteroatoms. The maximum atomic E-state index is 11.4. The fourth-order valence-corrected chi connectivity index (χ4v) is 2.08. The zero-order valence-corrected chi connectivity index (χ0v) is 11.5. The molecule has 1 aliphatic rings. The van der Waals surface area contributed by atoms with E-state index in [1.54, 1.807) is 31.2 Å². The zero-order valence-electron chi connectivity index (χ0n) is 11.5. The van der Waals surface area contributed by atoms with E-state index in [4.69, 9.17) is 9.84 Å². The Morgan fingerprint density at radius 3 is 2.67 bits per heavy atom. The van der Waals surface area contributed by atoms with Crippen molar-refractivity contribution in [3.63, 3.8) is 0 Å². The number of ether oxygens (including phenoxy) is 1. The maximum absolute atomic E-state index is 11.4. The molecule has 3 unspecified atom stereocenters. The van der Waals surface area contributed by atoms with Crippen LogP contribution in [0.3, 0.4) is 0 Å². The summed E-state index contributed by atoms with van der Waals surface area (Å²) in [6.07, 6.45) is 2.37. The molecule has 6 nitrogen and oxygen atoms in total. The normalized spacial score (nSPS) is 23.0. The van der Waals surface area contributed by atoms with Gasteiger partial charge >= 0.3 is 11.9 Å². The third-order valence-corrected chi connectivity index (χ3v) is 3.11. The number of nitrogens with one attached hydrogen (secondary N) is 1. The van der Waals surface area contributed by atoms with Crippen LogP contribution < -0.4 is 5.32 Å². The molecule has 0 bridgehead atoms. The van der Waals surface area contributed by atoms with E-state index in [0.29, 0.717) is 5.69 Å². The summed E-state index contributed by atoms with van der Waals surface area (Å²) in [7, 11) is 0. The average Bonchev–Trinajstić information content (AvgIpc) is 2.77. The molecule has 2 rings (SSSR count). The summed E-state index contributed by atoms with van der Waals surface area (Å²) in [5.41, 5.74) is 0.906. The second-order valence-electron chi connectivity index (χ2n) is 4.92. The van der Waals surface area contributed by atoms with Gasteiger partial charge in [-0.05, 0) is 37.3 Å². The summed E-state index contributed by atoms with van der Waals surface area (Å²) in [5, 5.41) is 21.2. The van der Waals surface area contributed by atoms with Gasteiger partial charge in [0.25, 0.3) is 0 Å². The first-order valence-electron chi connectivity index (χ1n) is 6.61. The molecule has 0 aromatic heterocycles. The quantitative estimate of drug-likeness (QED) is 0.561. The van der Waals surface area contributed by atoms with Gasteiger partial charge in [0.1, 0.15) is 6.10 Å². The van der Waals surface area contributed by atoms with Crippen LogP contribution in [0, 0.1) is 0 Å². The molecule has 1 aliphatic heterocycles. The smallest absolute Gasteiger partial charge is 0.335 e. The summed E-state index contributed by atoms with van der Waals surface area (Å²) in [4.78, 5) is 22.2. The van der Waals surface area contributed by atoms with Gasteiger partial charge in [0.2, 0.25) is 0 Å². The minimum Gasteiger partial charge on any atom is -0.478 e. The first kappa shape index (κ1) is 15.1. The molecule has 1 aromatic carbocycles. The highest BCUT2D eigenvalue weighted by molar-refractivity contribution is 5.88. The lowest BCUT2D eigenvalue weighted by Crippen LogP contribution is -2.27. The number of carboxylic acid groups (broad SMARTS) is 1. The molecular formula is C15H17NO5. The average molecular weight is 291 g/mol. The Hall–Kier alpha value is -2.34. The van der Waals surface area contributed by atoms with Crippen LogP contribution in [0.2, 0.25) is 0 Å². The molecule has 0 radical (unpaired) electrons. The third kappa shape index (κ3) is 4.06. The maximum Gasteiger partial charge on any atom is 0.335 e. The van der Waals surface area contributed by atoms with Gasteiger partial charge in [-0.25, -0.2) is 4.79 Å². The van der Waals surface area contributed by atoms with E-state index in [2.05, 4.69) is 5.32 Å². The fourth-order valence-electron chi connectivity index (χ4n) is 2.08. The Morgan fingerprint density at radius 1 is 1.43 bits per heavy atom. The van der Waals surface area contributed by atoms with Crippen molar-refractivity contribution in [3.8, 4) is 0 Å². The lowest BCUT2D eigenvalue weighted by Gasteiger charge is -2.17. The summed E-state index contributed by atoms with van der Waals surface area (Å²) in [6.45, 7) is 1.61. The molecule has 3 atom stereocenters. The van der Waals surface area contributed by atoms with E-state index < -0.39 is 18.2 Å². The van der Waals surface area contributed by atoms with Crippen molar-refractivity contribution in [3.05, 3.63) is 42.0 Å². The molecule has 1 saturated heterocycles. The van der Waals surface area contributed by atoms with Gasteiger partial charge in [-0.3, -0.25) is 4.79 Å². The Kier molecular flexibility index (Phi) is 4.59. The number of carbonyl (C=O) groups is 2. The summed E-state index contributed by atoms with van der Waals surface area (Å²) in [6, 6.07) is 6.01. The topological polar surface area (TPSA) is 95.9 Å². The van der Waals surface area contributed by atoms with Crippen LogP contribution in [0.4, 0.5) is 5.69 Å². The third-order valence-electron chi connectivity index (χ3n) is 3.11. The molecule has 3 N–H and O–H groups in total. The summed E-state index contributed by atoms with van der Waals surface area (Å²) >= 11 is 0. The van der Waals surface area contributed by atoms with Gasteiger partial charge in [-0.2, -0.15) is 0 Å². The van der Waals surface area contributed by atoms with Gasteiger partial charge in [0, 0.05) is 5.69 Å². The van der Waals surface area contributed by atoms with Crippen molar-refractivity contribution in [1.82, 2.24) is 0 Å². The number of rotatable bonds is 5. The lowest BCUT2D eigenvalue weighted by molar-refractivity contribution is -0.140. The molecule has 1 aromatic rings. The predicted octanol–water partition coefficient (Wildman–Crippen LogP) is 1.42.